The molecule has 1 aromatic carbocycles. The largest absolute Gasteiger partial charge is 0.504 e. The molecule has 126 valence electrons. The lowest BCUT2D eigenvalue weighted by Gasteiger charge is -2.10. The molecule has 0 spiro atoms. The minimum Gasteiger partial charge on any atom is -0.504 e. The number of hydrogen-bond acceptors (Lipinski definition) is 3. The van der Waals surface area contributed by atoms with E-state index in [9.17, 15) is 31.4 Å². The van der Waals surface area contributed by atoms with Crippen molar-refractivity contribution in [2.75, 3.05) is 12.4 Å². The Balaban J connectivity index is 2.72. The van der Waals surface area contributed by atoms with Gasteiger partial charge in [0.05, 0.1) is 11.1 Å². The smallest absolute Gasteiger partial charge is 0.453 e. The van der Waals surface area contributed by atoms with E-state index >= 15 is 0 Å². The molecular formula is C13H8BrF6NO2. The van der Waals surface area contributed by atoms with Crippen LogP contribution in [0, 0.1) is 0 Å². The first-order chi connectivity index (χ1) is 10.4. The second kappa shape index (κ2) is 5.66. The summed E-state index contributed by atoms with van der Waals surface area (Å²) in [4.78, 5) is 0. The average molecular weight is 404 g/mol. The van der Waals surface area contributed by atoms with Crippen molar-refractivity contribution in [1.82, 2.24) is 0 Å². The number of alkyl halides is 6. The molecule has 0 bridgehead atoms. The Bertz CT molecular complexity index is 735. The van der Waals surface area contributed by atoms with Crippen molar-refractivity contribution < 1.29 is 35.9 Å². The second-order valence-electron chi connectivity index (χ2n) is 4.46. The number of benzene rings is 1. The molecule has 10 heteroatoms. The Labute approximate surface area is 134 Å². The summed E-state index contributed by atoms with van der Waals surface area (Å²) >= 11 is 2.87. The van der Waals surface area contributed by atoms with E-state index in [-0.39, 0.29) is 10.0 Å². The average Bonchev–Trinajstić information content (AvgIpc) is 2.73. The fourth-order valence-corrected chi connectivity index (χ4v) is 2.45. The number of furan rings is 1. The van der Waals surface area contributed by atoms with Crippen LogP contribution in [0.3, 0.4) is 0 Å². The molecule has 23 heavy (non-hydrogen) atoms. The fourth-order valence-electron chi connectivity index (χ4n) is 1.96. The summed E-state index contributed by atoms with van der Waals surface area (Å²) in [5, 5.41) is 12.0. The molecular weight excluding hydrogens is 396 g/mol. The maximum absolute atomic E-state index is 12.8. The van der Waals surface area contributed by atoms with Gasteiger partial charge in [0.25, 0.3) is 5.76 Å². The zero-order chi connectivity index (χ0) is 17.6. The maximum atomic E-state index is 12.8. The van der Waals surface area contributed by atoms with Crippen molar-refractivity contribution in [2.45, 2.75) is 12.4 Å². The fraction of sp³-hybridized carbons (Fsp3) is 0.231. The number of rotatable bonds is 2. The monoisotopic (exact) mass is 403 g/mol. The minimum absolute atomic E-state index is 0.0152. The first kappa shape index (κ1) is 17.5. The van der Waals surface area contributed by atoms with Gasteiger partial charge in [0.15, 0.2) is 5.75 Å². The van der Waals surface area contributed by atoms with Gasteiger partial charge in [0.2, 0.25) is 5.88 Å². The highest BCUT2D eigenvalue weighted by atomic mass is 79.9. The van der Waals surface area contributed by atoms with Gasteiger partial charge in [-0.05, 0) is 23.8 Å². The number of anilines is 1. The van der Waals surface area contributed by atoms with Gasteiger partial charge in [-0.25, -0.2) is 0 Å². The van der Waals surface area contributed by atoms with Crippen molar-refractivity contribution in [3.63, 3.8) is 0 Å². The van der Waals surface area contributed by atoms with Crippen LogP contribution in [0.25, 0.3) is 11.1 Å². The molecule has 2 aromatic rings. The van der Waals surface area contributed by atoms with Crippen molar-refractivity contribution in [3.8, 4) is 16.9 Å². The first-order valence-corrected chi connectivity index (χ1v) is 6.73. The van der Waals surface area contributed by atoms with E-state index in [1.54, 1.807) is 0 Å². The van der Waals surface area contributed by atoms with Crippen molar-refractivity contribution in [1.29, 1.82) is 0 Å². The van der Waals surface area contributed by atoms with Crippen LogP contribution in [0.2, 0.25) is 0 Å². The van der Waals surface area contributed by atoms with Crippen LogP contribution in [0.1, 0.15) is 11.3 Å². The molecule has 3 nitrogen and oxygen atoms in total. The summed E-state index contributed by atoms with van der Waals surface area (Å²) in [6, 6.07) is 2.53. The SMILES string of the molecule is CNc1oc(C(F)(F)F)c(O)c1-c1cc(Br)cc(C(F)(F)F)c1. The van der Waals surface area contributed by atoms with Crippen molar-refractivity contribution >= 4 is 21.8 Å². The summed E-state index contributed by atoms with van der Waals surface area (Å²) in [6.07, 6.45) is -9.70. The number of hydrogen-bond donors (Lipinski definition) is 2. The van der Waals surface area contributed by atoms with E-state index in [0.29, 0.717) is 6.07 Å². The van der Waals surface area contributed by atoms with Crippen LogP contribution >= 0.6 is 15.9 Å². The lowest BCUT2D eigenvalue weighted by molar-refractivity contribution is -0.153. The van der Waals surface area contributed by atoms with Crippen LogP contribution in [0.15, 0.2) is 27.1 Å². The topological polar surface area (TPSA) is 45.4 Å². The van der Waals surface area contributed by atoms with E-state index in [0.717, 1.165) is 12.1 Å². The predicted octanol–water partition coefficient (Wildman–Crippen LogP) is 5.49. The third-order valence-electron chi connectivity index (χ3n) is 2.88. The van der Waals surface area contributed by atoms with E-state index in [4.69, 9.17) is 0 Å². The highest BCUT2D eigenvalue weighted by Gasteiger charge is 2.41. The van der Waals surface area contributed by atoms with Gasteiger partial charge in [-0.3, -0.25) is 0 Å². The minimum atomic E-state index is -4.99. The number of halogens is 7. The Kier molecular flexibility index (Phi) is 4.31. The Hall–Kier alpha value is -1.84. The Morgan fingerprint density at radius 1 is 1.04 bits per heavy atom. The summed E-state index contributed by atoms with van der Waals surface area (Å²) in [5.74, 6) is -3.47. The molecule has 0 aliphatic heterocycles. The third kappa shape index (κ3) is 3.41. The van der Waals surface area contributed by atoms with E-state index in [1.807, 2.05) is 0 Å². The molecule has 0 fully saturated rings. The number of aromatic hydroxyl groups is 1. The van der Waals surface area contributed by atoms with Crippen molar-refractivity contribution in [3.05, 3.63) is 34.0 Å². The Morgan fingerprint density at radius 3 is 2.13 bits per heavy atom. The van der Waals surface area contributed by atoms with Gasteiger partial charge in [0.1, 0.15) is 0 Å². The van der Waals surface area contributed by atoms with Gasteiger partial charge < -0.3 is 14.8 Å². The van der Waals surface area contributed by atoms with Gasteiger partial charge in [0, 0.05) is 11.5 Å². The summed E-state index contributed by atoms with van der Waals surface area (Å²) in [5.41, 5.74) is -1.88. The molecule has 0 radical (unpaired) electrons. The van der Waals surface area contributed by atoms with Gasteiger partial charge in [-0.2, -0.15) is 26.3 Å². The van der Waals surface area contributed by atoms with Crippen LogP contribution < -0.4 is 5.32 Å². The zero-order valence-electron chi connectivity index (χ0n) is 11.2. The van der Waals surface area contributed by atoms with Crippen LogP contribution in [0.4, 0.5) is 32.2 Å². The van der Waals surface area contributed by atoms with E-state index in [2.05, 4.69) is 25.7 Å². The molecule has 2 rings (SSSR count). The highest BCUT2D eigenvalue weighted by Crippen LogP contribution is 2.49. The van der Waals surface area contributed by atoms with Gasteiger partial charge in [-0.1, -0.05) is 15.9 Å². The molecule has 1 heterocycles. The summed E-state index contributed by atoms with van der Waals surface area (Å²) in [7, 11) is 1.21. The van der Waals surface area contributed by atoms with Crippen molar-refractivity contribution in [2.24, 2.45) is 0 Å². The predicted molar refractivity (Wildman–Crippen MR) is 73.1 cm³/mol. The van der Waals surface area contributed by atoms with E-state index < -0.39 is 40.9 Å². The first-order valence-electron chi connectivity index (χ1n) is 5.94. The van der Waals surface area contributed by atoms with E-state index in [1.165, 1.54) is 7.05 Å². The number of nitrogens with one attached hydrogen (secondary N) is 1. The molecule has 0 unspecified atom stereocenters. The molecule has 2 N–H and O–H groups in total. The zero-order valence-corrected chi connectivity index (χ0v) is 12.8. The molecule has 0 aliphatic carbocycles. The summed E-state index contributed by atoms with van der Waals surface area (Å²) < 4.78 is 81.3. The third-order valence-corrected chi connectivity index (χ3v) is 3.34. The van der Waals surface area contributed by atoms with Gasteiger partial charge >= 0.3 is 12.4 Å². The molecule has 0 aliphatic rings. The molecule has 0 amide bonds. The summed E-state index contributed by atoms with van der Waals surface area (Å²) in [6.45, 7) is 0. The lowest BCUT2D eigenvalue weighted by atomic mass is 10.0. The van der Waals surface area contributed by atoms with Gasteiger partial charge in [-0.15, -0.1) is 0 Å². The molecule has 1 aromatic heterocycles. The lowest BCUT2D eigenvalue weighted by Crippen LogP contribution is -2.05. The normalized spacial score (nSPS) is 12.5. The molecule has 0 atom stereocenters. The standard InChI is InChI=1S/C13H8BrF6NO2/c1-21-11-8(9(22)10(23-11)13(18,19)20)5-2-6(12(15,16)17)4-7(14)3-5/h2-4,21-22H,1H3. The van der Waals surface area contributed by atoms with Crippen LogP contribution in [-0.4, -0.2) is 12.2 Å². The second-order valence-corrected chi connectivity index (χ2v) is 5.37. The molecule has 0 saturated carbocycles. The Morgan fingerprint density at radius 2 is 1.65 bits per heavy atom. The quantitative estimate of drug-likeness (QED) is 0.651. The maximum Gasteiger partial charge on any atom is 0.453 e. The van der Waals surface area contributed by atoms with Crippen LogP contribution in [0.5, 0.6) is 5.75 Å². The van der Waals surface area contributed by atoms with Crippen LogP contribution in [-0.2, 0) is 12.4 Å². The highest BCUT2D eigenvalue weighted by molar-refractivity contribution is 9.10. The molecule has 0 saturated heterocycles.